The van der Waals surface area contributed by atoms with Crippen LogP contribution in [-0.2, 0) is 12.8 Å². The Morgan fingerprint density at radius 3 is 1.64 bits per heavy atom. The van der Waals surface area contributed by atoms with Crippen molar-refractivity contribution in [2.45, 2.75) is 97.3 Å². The van der Waals surface area contributed by atoms with Crippen molar-refractivity contribution in [3.05, 3.63) is 59.4 Å². The second-order valence-corrected chi connectivity index (χ2v) is 8.19. The molecule has 0 atom stereocenters. The van der Waals surface area contributed by atoms with Gasteiger partial charge in [-0.2, -0.15) is 0 Å². The van der Waals surface area contributed by atoms with Gasteiger partial charge in [-0.25, -0.2) is 4.39 Å². The average molecular weight is 383 g/mol. The van der Waals surface area contributed by atoms with Crippen LogP contribution in [0.5, 0.6) is 0 Å². The van der Waals surface area contributed by atoms with E-state index in [1.54, 1.807) is 6.07 Å². The van der Waals surface area contributed by atoms with Crippen molar-refractivity contribution in [3.8, 4) is 11.1 Å². The summed E-state index contributed by atoms with van der Waals surface area (Å²) in [5.41, 5.74) is 4.19. The predicted molar refractivity (Wildman–Crippen MR) is 121 cm³/mol. The predicted octanol–water partition coefficient (Wildman–Crippen LogP) is 8.91. The van der Waals surface area contributed by atoms with Crippen LogP contribution >= 0.6 is 0 Å². The first-order chi connectivity index (χ1) is 13.7. The second-order valence-electron chi connectivity index (χ2n) is 8.19. The second kappa shape index (κ2) is 13.5. The fourth-order valence-corrected chi connectivity index (χ4v) is 3.84. The smallest absolute Gasteiger partial charge is 0.131 e. The molecule has 0 heterocycles. The highest BCUT2D eigenvalue weighted by molar-refractivity contribution is 5.64. The molecule has 28 heavy (non-hydrogen) atoms. The van der Waals surface area contributed by atoms with Crippen LogP contribution in [0.2, 0.25) is 0 Å². The van der Waals surface area contributed by atoms with Gasteiger partial charge in [-0.3, -0.25) is 0 Å². The van der Waals surface area contributed by atoms with E-state index in [4.69, 9.17) is 0 Å². The zero-order chi connectivity index (χ0) is 20.0. The van der Waals surface area contributed by atoms with Gasteiger partial charge in [0.2, 0.25) is 0 Å². The van der Waals surface area contributed by atoms with Crippen LogP contribution in [0.15, 0.2) is 42.5 Å². The van der Waals surface area contributed by atoms with Gasteiger partial charge in [0.05, 0.1) is 0 Å². The Labute approximate surface area is 172 Å². The summed E-state index contributed by atoms with van der Waals surface area (Å²) in [4.78, 5) is 0. The van der Waals surface area contributed by atoms with E-state index in [1.165, 1.54) is 69.8 Å². The minimum Gasteiger partial charge on any atom is -0.206 e. The Hall–Kier alpha value is -1.63. The molecule has 0 bridgehead atoms. The SMILES string of the molecule is CCCCCCCCc1ccc(-c2ccc(CCCCCCC)cc2F)cc1. The standard InChI is InChI=1S/C27H39F/c1-3-5-7-9-11-12-14-23-16-19-25(20-17-23)26-21-18-24(22-27(26)28)15-13-10-8-6-4-2/h16-22H,3-15H2,1-2H3. The van der Waals surface area contributed by atoms with Crippen LogP contribution in [0.25, 0.3) is 11.1 Å². The molecule has 0 aromatic heterocycles. The molecule has 0 aliphatic rings. The summed E-state index contributed by atoms with van der Waals surface area (Å²) in [5, 5.41) is 0. The average Bonchev–Trinajstić information content (AvgIpc) is 2.71. The third-order valence-electron chi connectivity index (χ3n) is 5.69. The van der Waals surface area contributed by atoms with Crippen molar-refractivity contribution in [3.63, 3.8) is 0 Å². The van der Waals surface area contributed by atoms with Gasteiger partial charge in [0.15, 0.2) is 0 Å². The monoisotopic (exact) mass is 382 g/mol. The van der Waals surface area contributed by atoms with Crippen LogP contribution in [0, 0.1) is 5.82 Å². The van der Waals surface area contributed by atoms with Gasteiger partial charge in [0.25, 0.3) is 0 Å². The van der Waals surface area contributed by atoms with Gasteiger partial charge in [-0.1, -0.05) is 108 Å². The first kappa shape index (κ1) is 22.7. The molecule has 0 amide bonds. The maximum Gasteiger partial charge on any atom is 0.131 e. The highest BCUT2D eigenvalue weighted by atomic mass is 19.1. The van der Waals surface area contributed by atoms with E-state index in [1.807, 2.05) is 6.07 Å². The minimum atomic E-state index is -0.0882. The number of aryl methyl sites for hydroxylation is 2. The van der Waals surface area contributed by atoms with Crippen molar-refractivity contribution in [2.75, 3.05) is 0 Å². The Bertz CT molecular complexity index is 656. The molecule has 0 unspecified atom stereocenters. The summed E-state index contributed by atoms with van der Waals surface area (Å²) in [6.07, 6.45) is 16.3. The van der Waals surface area contributed by atoms with Crippen molar-refractivity contribution in [1.29, 1.82) is 0 Å². The van der Waals surface area contributed by atoms with Crippen LogP contribution in [0.1, 0.15) is 95.6 Å². The van der Waals surface area contributed by atoms with Gasteiger partial charge < -0.3 is 0 Å². The number of unbranched alkanes of at least 4 members (excludes halogenated alkanes) is 9. The molecule has 2 aromatic carbocycles. The van der Waals surface area contributed by atoms with Crippen LogP contribution in [0.3, 0.4) is 0 Å². The van der Waals surface area contributed by atoms with Crippen molar-refractivity contribution in [2.24, 2.45) is 0 Å². The third-order valence-corrected chi connectivity index (χ3v) is 5.69. The molecular weight excluding hydrogens is 343 g/mol. The molecule has 0 aliphatic heterocycles. The summed E-state index contributed by atoms with van der Waals surface area (Å²) in [5.74, 6) is -0.0882. The molecule has 154 valence electrons. The lowest BCUT2D eigenvalue weighted by molar-refractivity contribution is 0.607. The van der Waals surface area contributed by atoms with E-state index in [2.05, 4.69) is 44.2 Å². The molecule has 0 nitrogen and oxygen atoms in total. The quantitative estimate of drug-likeness (QED) is 0.286. The van der Waals surface area contributed by atoms with Crippen LogP contribution in [-0.4, -0.2) is 0 Å². The molecule has 2 rings (SSSR count). The summed E-state index contributed by atoms with van der Waals surface area (Å²) in [7, 11) is 0. The topological polar surface area (TPSA) is 0 Å². The zero-order valence-corrected chi connectivity index (χ0v) is 18.1. The van der Waals surface area contributed by atoms with Crippen LogP contribution in [0.4, 0.5) is 4.39 Å². The Morgan fingerprint density at radius 1 is 0.571 bits per heavy atom. The van der Waals surface area contributed by atoms with E-state index in [9.17, 15) is 4.39 Å². The molecule has 0 N–H and O–H groups in total. The van der Waals surface area contributed by atoms with Gasteiger partial charge in [0.1, 0.15) is 5.82 Å². The molecular formula is C27H39F. The number of hydrogen-bond donors (Lipinski definition) is 0. The lowest BCUT2D eigenvalue weighted by Crippen LogP contribution is -1.92. The fraction of sp³-hybridized carbons (Fsp3) is 0.556. The van der Waals surface area contributed by atoms with Gasteiger partial charge in [-0.05, 0) is 48.4 Å². The van der Waals surface area contributed by atoms with E-state index in [0.717, 1.165) is 36.0 Å². The molecule has 0 fully saturated rings. The first-order valence-corrected chi connectivity index (χ1v) is 11.6. The molecule has 0 radical (unpaired) electrons. The van der Waals surface area contributed by atoms with E-state index in [-0.39, 0.29) is 5.82 Å². The summed E-state index contributed by atoms with van der Waals surface area (Å²) < 4.78 is 14.6. The molecule has 0 aliphatic carbocycles. The van der Waals surface area contributed by atoms with Crippen molar-refractivity contribution in [1.82, 2.24) is 0 Å². The van der Waals surface area contributed by atoms with E-state index >= 15 is 0 Å². The van der Waals surface area contributed by atoms with E-state index in [0.29, 0.717) is 0 Å². The Kier molecular flexibility index (Phi) is 10.9. The molecule has 0 saturated carbocycles. The summed E-state index contributed by atoms with van der Waals surface area (Å²) in [6.45, 7) is 4.49. The zero-order valence-electron chi connectivity index (χ0n) is 18.1. The number of rotatable bonds is 14. The minimum absolute atomic E-state index is 0.0882. The van der Waals surface area contributed by atoms with Crippen molar-refractivity contribution < 1.29 is 4.39 Å². The van der Waals surface area contributed by atoms with E-state index < -0.39 is 0 Å². The van der Waals surface area contributed by atoms with Gasteiger partial charge in [-0.15, -0.1) is 0 Å². The number of halogens is 1. The Morgan fingerprint density at radius 2 is 1.07 bits per heavy atom. The van der Waals surface area contributed by atoms with Gasteiger partial charge in [0, 0.05) is 5.56 Å². The maximum absolute atomic E-state index is 14.6. The number of hydrogen-bond acceptors (Lipinski definition) is 0. The Balaban J connectivity index is 1.82. The maximum atomic E-state index is 14.6. The molecule has 0 saturated heterocycles. The molecule has 1 heteroatoms. The first-order valence-electron chi connectivity index (χ1n) is 11.6. The molecule has 2 aromatic rings. The highest BCUT2D eigenvalue weighted by Crippen LogP contribution is 2.25. The molecule has 0 spiro atoms. The summed E-state index contributed by atoms with van der Waals surface area (Å²) >= 11 is 0. The number of benzene rings is 2. The third kappa shape index (κ3) is 8.17. The largest absolute Gasteiger partial charge is 0.206 e. The lowest BCUT2D eigenvalue weighted by Gasteiger charge is -2.08. The van der Waals surface area contributed by atoms with Crippen LogP contribution < -0.4 is 0 Å². The van der Waals surface area contributed by atoms with Crippen molar-refractivity contribution >= 4 is 0 Å². The normalized spacial score (nSPS) is 11.1. The lowest BCUT2D eigenvalue weighted by atomic mass is 9.98. The van der Waals surface area contributed by atoms with Gasteiger partial charge >= 0.3 is 0 Å². The summed E-state index contributed by atoms with van der Waals surface area (Å²) in [6, 6.07) is 14.3. The highest BCUT2D eigenvalue weighted by Gasteiger charge is 2.07. The fourth-order valence-electron chi connectivity index (χ4n) is 3.84.